The van der Waals surface area contributed by atoms with Gasteiger partial charge in [-0.1, -0.05) is 13.0 Å². The number of benzene rings is 1. The summed E-state index contributed by atoms with van der Waals surface area (Å²) in [7, 11) is 0. The normalized spacial score (nSPS) is 18.7. The molecule has 17 heavy (non-hydrogen) atoms. The zero-order valence-corrected chi connectivity index (χ0v) is 10.5. The molecule has 1 aliphatic heterocycles. The third-order valence-corrected chi connectivity index (χ3v) is 3.73. The van der Waals surface area contributed by atoms with Crippen LogP contribution in [0.15, 0.2) is 23.1 Å². The average Bonchev–Trinajstić information content (AvgIpc) is 2.26. The first-order chi connectivity index (χ1) is 7.99. The minimum absolute atomic E-state index is 0.201. The predicted molar refractivity (Wildman–Crippen MR) is 66.5 cm³/mol. The summed E-state index contributed by atoms with van der Waals surface area (Å²) in [5, 5.41) is 9.00. The van der Waals surface area contributed by atoms with Crippen molar-refractivity contribution in [2.75, 3.05) is 11.4 Å². The van der Waals surface area contributed by atoms with E-state index in [1.165, 1.54) is 4.90 Å². The molecule has 0 spiro atoms. The molecule has 0 fully saturated rings. The van der Waals surface area contributed by atoms with E-state index in [0.29, 0.717) is 12.2 Å². The number of rotatable bonds is 0. The smallest absolute Gasteiger partial charge is 0.394 e. The number of anilines is 1. The standard InChI is InChI=1S/C12H13NO3S/c1-7-3-4-9-10(5-7)17-8(2)6-13(9)11(14)12(15)16/h3-5,8H,6H2,1-2H3,(H,15,16). The number of fused-ring (bicyclic) bond motifs is 1. The number of hydrogen-bond acceptors (Lipinski definition) is 3. The van der Waals surface area contributed by atoms with E-state index in [2.05, 4.69) is 0 Å². The number of aliphatic carboxylic acids is 1. The van der Waals surface area contributed by atoms with Gasteiger partial charge in [0.05, 0.1) is 5.69 Å². The number of hydrogen-bond donors (Lipinski definition) is 1. The summed E-state index contributed by atoms with van der Waals surface area (Å²) in [5.74, 6) is -2.27. The van der Waals surface area contributed by atoms with E-state index in [1.807, 2.05) is 32.0 Å². The Kier molecular flexibility index (Phi) is 3.11. The minimum Gasteiger partial charge on any atom is -0.474 e. The van der Waals surface area contributed by atoms with Crippen molar-refractivity contribution >= 4 is 29.3 Å². The Morgan fingerprint density at radius 3 is 2.82 bits per heavy atom. The van der Waals surface area contributed by atoms with Gasteiger partial charge in [0.15, 0.2) is 0 Å². The van der Waals surface area contributed by atoms with Crippen LogP contribution in [0.1, 0.15) is 12.5 Å². The summed E-state index contributed by atoms with van der Waals surface area (Å²) >= 11 is 1.67. The van der Waals surface area contributed by atoms with Gasteiger partial charge in [0, 0.05) is 16.7 Å². The summed E-state index contributed by atoms with van der Waals surface area (Å²) in [5.41, 5.74) is 1.80. The molecule has 4 nitrogen and oxygen atoms in total. The summed E-state index contributed by atoms with van der Waals surface area (Å²) < 4.78 is 0. The highest BCUT2D eigenvalue weighted by Gasteiger charge is 2.30. The molecule has 0 saturated heterocycles. The van der Waals surface area contributed by atoms with Crippen molar-refractivity contribution in [3.05, 3.63) is 23.8 Å². The monoisotopic (exact) mass is 251 g/mol. The molecule has 0 radical (unpaired) electrons. The van der Waals surface area contributed by atoms with Crippen LogP contribution in [0.4, 0.5) is 5.69 Å². The molecule has 1 N–H and O–H groups in total. The maximum Gasteiger partial charge on any atom is 0.394 e. The number of thioether (sulfide) groups is 1. The number of carboxylic acids is 1. The van der Waals surface area contributed by atoms with Crippen LogP contribution in [0.5, 0.6) is 0 Å². The molecule has 0 aliphatic carbocycles. The molecule has 1 aromatic rings. The van der Waals surface area contributed by atoms with E-state index >= 15 is 0 Å². The number of carbonyl (C=O) groups excluding carboxylic acids is 1. The Labute approximate surface area is 104 Å². The van der Waals surface area contributed by atoms with E-state index < -0.39 is 11.9 Å². The molecule has 1 heterocycles. The molecular formula is C12H13NO3S. The molecule has 1 atom stereocenters. The molecule has 0 saturated carbocycles. The van der Waals surface area contributed by atoms with Gasteiger partial charge in [-0.3, -0.25) is 4.79 Å². The number of carboxylic acid groups (broad SMARTS) is 1. The van der Waals surface area contributed by atoms with Crippen LogP contribution >= 0.6 is 11.8 Å². The van der Waals surface area contributed by atoms with E-state index in [9.17, 15) is 9.59 Å². The molecule has 1 aliphatic rings. The van der Waals surface area contributed by atoms with Gasteiger partial charge in [-0.15, -0.1) is 11.8 Å². The van der Waals surface area contributed by atoms with Crippen molar-refractivity contribution in [2.24, 2.45) is 0 Å². The third-order valence-electron chi connectivity index (χ3n) is 2.60. The highest BCUT2D eigenvalue weighted by Crippen LogP contribution is 2.38. The lowest BCUT2D eigenvalue weighted by Gasteiger charge is -2.31. The summed E-state index contributed by atoms with van der Waals surface area (Å²) in [6, 6.07) is 5.68. The van der Waals surface area contributed by atoms with Crippen LogP contribution < -0.4 is 4.90 Å². The first-order valence-electron chi connectivity index (χ1n) is 5.31. The molecule has 90 valence electrons. The average molecular weight is 251 g/mol. The van der Waals surface area contributed by atoms with E-state index in [-0.39, 0.29) is 5.25 Å². The maximum atomic E-state index is 11.6. The van der Waals surface area contributed by atoms with Crippen molar-refractivity contribution < 1.29 is 14.7 Å². The molecular weight excluding hydrogens is 238 g/mol. The molecule has 1 aromatic carbocycles. The fraction of sp³-hybridized carbons (Fsp3) is 0.333. The number of aryl methyl sites for hydroxylation is 1. The second-order valence-electron chi connectivity index (χ2n) is 4.12. The minimum atomic E-state index is -1.41. The highest BCUT2D eigenvalue weighted by atomic mass is 32.2. The molecule has 2 rings (SSSR count). The Morgan fingerprint density at radius 2 is 2.18 bits per heavy atom. The molecule has 0 aromatic heterocycles. The Morgan fingerprint density at radius 1 is 1.47 bits per heavy atom. The maximum absolute atomic E-state index is 11.6. The SMILES string of the molecule is Cc1ccc2c(c1)SC(C)CN2C(=O)C(=O)O. The highest BCUT2D eigenvalue weighted by molar-refractivity contribution is 8.00. The van der Waals surface area contributed by atoms with E-state index in [1.54, 1.807) is 11.8 Å². The van der Waals surface area contributed by atoms with Crippen LogP contribution in [-0.2, 0) is 9.59 Å². The van der Waals surface area contributed by atoms with Gasteiger partial charge in [-0.25, -0.2) is 4.79 Å². The van der Waals surface area contributed by atoms with Gasteiger partial charge >= 0.3 is 11.9 Å². The second-order valence-corrected chi connectivity index (χ2v) is 5.60. The van der Waals surface area contributed by atoms with Crippen molar-refractivity contribution in [3.63, 3.8) is 0 Å². The Bertz CT molecular complexity index is 487. The van der Waals surface area contributed by atoms with E-state index in [0.717, 1.165) is 10.5 Å². The first-order valence-corrected chi connectivity index (χ1v) is 6.19. The van der Waals surface area contributed by atoms with Gasteiger partial charge in [-0.05, 0) is 24.6 Å². The lowest BCUT2D eigenvalue weighted by molar-refractivity contribution is -0.148. The topological polar surface area (TPSA) is 57.6 Å². The van der Waals surface area contributed by atoms with Gasteiger partial charge in [0.2, 0.25) is 0 Å². The first kappa shape index (κ1) is 12.0. The quantitative estimate of drug-likeness (QED) is 0.716. The summed E-state index contributed by atoms with van der Waals surface area (Å²) in [4.78, 5) is 24.7. The summed E-state index contributed by atoms with van der Waals surface area (Å²) in [6.45, 7) is 4.40. The number of nitrogens with zero attached hydrogens (tertiary/aromatic N) is 1. The number of amides is 1. The van der Waals surface area contributed by atoms with E-state index in [4.69, 9.17) is 5.11 Å². The molecule has 0 bridgehead atoms. The predicted octanol–water partition coefficient (Wildman–Crippen LogP) is 1.91. The zero-order valence-electron chi connectivity index (χ0n) is 9.64. The van der Waals surface area contributed by atoms with Crippen molar-refractivity contribution in [1.29, 1.82) is 0 Å². The van der Waals surface area contributed by atoms with Gasteiger partial charge in [0.1, 0.15) is 0 Å². The van der Waals surface area contributed by atoms with Crippen molar-refractivity contribution in [2.45, 2.75) is 24.0 Å². The van der Waals surface area contributed by atoms with Crippen LogP contribution in [0.25, 0.3) is 0 Å². The van der Waals surface area contributed by atoms with Crippen LogP contribution in [-0.4, -0.2) is 28.8 Å². The van der Waals surface area contributed by atoms with Crippen LogP contribution in [0.3, 0.4) is 0 Å². The molecule has 1 unspecified atom stereocenters. The van der Waals surface area contributed by atoms with Gasteiger partial charge in [0.25, 0.3) is 0 Å². The number of carbonyl (C=O) groups is 2. The lowest BCUT2D eigenvalue weighted by atomic mass is 10.2. The van der Waals surface area contributed by atoms with Crippen molar-refractivity contribution in [1.82, 2.24) is 0 Å². The fourth-order valence-corrected chi connectivity index (χ4v) is 3.07. The molecule has 1 amide bonds. The largest absolute Gasteiger partial charge is 0.474 e. The lowest BCUT2D eigenvalue weighted by Crippen LogP contribution is -2.42. The Balaban J connectivity index is 2.44. The fourth-order valence-electron chi connectivity index (χ4n) is 1.86. The van der Waals surface area contributed by atoms with Gasteiger partial charge in [-0.2, -0.15) is 0 Å². The van der Waals surface area contributed by atoms with Crippen LogP contribution in [0, 0.1) is 6.92 Å². The van der Waals surface area contributed by atoms with Crippen molar-refractivity contribution in [3.8, 4) is 0 Å². The van der Waals surface area contributed by atoms with Gasteiger partial charge < -0.3 is 10.0 Å². The zero-order chi connectivity index (χ0) is 12.6. The second kappa shape index (κ2) is 4.41. The Hall–Kier alpha value is -1.49. The molecule has 5 heteroatoms. The van der Waals surface area contributed by atoms with Crippen LogP contribution in [0.2, 0.25) is 0 Å². The summed E-state index contributed by atoms with van der Waals surface area (Å²) in [6.07, 6.45) is 0. The third kappa shape index (κ3) is 2.29.